The lowest BCUT2D eigenvalue weighted by Crippen LogP contribution is -2.60. The highest BCUT2D eigenvalue weighted by Crippen LogP contribution is 2.64. The summed E-state index contributed by atoms with van der Waals surface area (Å²) in [6, 6.07) is 46.8. The van der Waals surface area contributed by atoms with Crippen LogP contribution in [0.15, 0.2) is 154 Å². The van der Waals surface area contributed by atoms with Crippen LogP contribution in [0.1, 0.15) is 252 Å². The topological polar surface area (TPSA) is 254 Å². The second-order valence-electron chi connectivity index (χ2n) is 35.0. The van der Waals surface area contributed by atoms with Gasteiger partial charge in [-0.15, -0.1) is 0 Å². The van der Waals surface area contributed by atoms with Gasteiger partial charge in [0, 0.05) is 6.42 Å². The van der Waals surface area contributed by atoms with Gasteiger partial charge in [0.25, 0.3) is 0 Å². The van der Waals surface area contributed by atoms with Crippen molar-refractivity contribution in [3.63, 3.8) is 0 Å². The average molecular weight is 1570 g/mol. The summed E-state index contributed by atoms with van der Waals surface area (Å²) < 4.78 is 76.9. The summed E-state index contributed by atoms with van der Waals surface area (Å²) in [6.45, 7) is 37.7. The van der Waals surface area contributed by atoms with E-state index in [-0.39, 0.29) is 81.2 Å². The molecule has 8 unspecified atom stereocenters. The van der Waals surface area contributed by atoms with Gasteiger partial charge in [-0.25, -0.2) is 8.42 Å². The number of hydrogen-bond donors (Lipinski definition) is 1. The SMILES string of the molecule is CCC(C)(C)C(=O)OC1(C(C)C)CCCC1.CCC(C)(C)C(=O)OC12CC3CC(C1)CC(C(=O)OCCS(=O)(=O)[O-])(C3)C2.CCC(C)(C)C(=O)OC1C2CC3C(=O)OC1C3O2.CCC(C)(C)C(=O)Oc1ccc(O)cc1.CCC(C)c1ccc(OC(C)(C)CC)cc1.c1ccc([S+](c2ccccc2)c2ccccc2)cc1. The highest BCUT2D eigenvalue weighted by Gasteiger charge is 2.66. The molecule has 1 N–H and O–H groups in total. The third-order valence-electron chi connectivity index (χ3n) is 24.2. The summed E-state index contributed by atoms with van der Waals surface area (Å²) in [7, 11) is -4.43. The zero-order valence-electron chi connectivity index (χ0n) is 69.6. The molecule has 5 aliphatic carbocycles. The Balaban J connectivity index is 0.000000187. The van der Waals surface area contributed by atoms with Crippen LogP contribution in [-0.2, 0) is 78.2 Å². The zero-order valence-corrected chi connectivity index (χ0v) is 71.2. The molecule has 0 radical (unpaired) electrons. The van der Waals surface area contributed by atoms with E-state index in [9.17, 15) is 41.7 Å². The number of carbonyl (C=O) groups excluding carboxylic acids is 6. The fraction of sp³-hybridized carbons (Fsp3) is 0.604. The molecule has 3 saturated heterocycles. The molecule has 13 rings (SSSR count). The van der Waals surface area contributed by atoms with E-state index in [2.05, 4.69) is 164 Å². The van der Waals surface area contributed by atoms with E-state index in [1.54, 1.807) is 12.1 Å². The highest BCUT2D eigenvalue weighted by atomic mass is 32.2. The maximum Gasteiger partial charge on any atom is 0.316 e. The number of carbonyl (C=O) groups is 6. The minimum atomic E-state index is -4.42. The van der Waals surface area contributed by atoms with Gasteiger partial charge in [-0.05, 0) is 274 Å². The van der Waals surface area contributed by atoms with Crippen LogP contribution in [0.5, 0.6) is 17.2 Å². The maximum atomic E-state index is 12.8. The summed E-state index contributed by atoms with van der Waals surface area (Å²) >= 11 is 0. The molecule has 111 heavy (non-hydrogen) atoms. The molecule has 5 aromatic carbocycles. The molecular weight excluding hydrogens is 1450 g/mol. The van der Waals surface area contributed by atoms with Crippen LogP contribution in [-0.4, -0.2) is 107 Å². The van der Waals surface area contributed by atoms with E-state index >= 15 is 0 Å². The van der Waals surface area contributed by atoms with Gasteiger partial charge in [0.05, 0.1) is 65.9 Å². The molecule has 612 valence electrons. The van der Waals surface area contributed by atoms with Gasteiger partial charge in [-0.2, -0.15) is 0 Å². The lowest BCUT2D eigenvalue weighted by Gasteiger charge is -2.60. The van der Waals surface area contributed by atoms with Gasteiger partial charge >= 0.3 is 35.8 Å². The predicted molar refractivity (Wildman–Crippen MR) is 432 cm³/mol. The number of phenolic OH excluding ortho intramolecular Hbond substituents is 1. The Morgan fingerprint density at radius 3 is 1.49 bits per heavy atom. The van der Waals surface area contributed by atoms with Gasteiger partial charge in [0.15, 0.2) is 26.9 Å². The second-order valence-corrected chi connectivity index (χ2v) is 38.5. The van der Waals surface area contributed by atoms with E-state index in [4.69, 9.17) is 43.0 Å². The first kappa shape index (κ1) is 90.9. The maximum absolute atomic E-state index is 12.8. The largest absolute Gasteiger partial charge is 0.748 e. The third-order valence-corrected chi connectivity index (χ3v) is 27.1. The number of hydrogen-bond acceptors (Lipinski definition) is 18. The van der Waals surface area contributed by atoms with Gasteiger partial charge in [0.2, 0.25) is 0 Å². The number of esters is 6. The predicted octanol–water partition coefficient (Wildman–Crippen LogP) is 19.7. The van der Waals surface area contributed by atoms with Crippen molar-refractivity contribution < 1.29 is 84.7 Å². The van der Waals surface area contributed by atoms with Gasteiger partial charge < -0.3 is 47.6 Å². The molecular formula is C91H128O18S2. The molecule has 8 fully saturated rings. The van der Waals surface area contributed by atoms with E-state index in [1.165, 1.54) is 51.6 Å². The summed E-state index contributed by atoms with van der Waals surface area (Å²) in [5.41, 5.74) is -2.11. The van der Waals surface area contributed by atoms with Crippen molar-refractivity contribution in [2.75, 3.05) is 12.4 Å². The quantitative estimate of drug-likeness (QED) is 0.0187. The molecule has 0 amide bonds. The summed E-state index contributed by atoms with van der Waals surface area (Å²) in [6.07, 6.45) is 13.4. The Hall–Kier alpha value is -7.26. The summed E-state index contributed by atoms with van der Waals surface area (Å²) in [5, 5.41) is 9.06. The smallest absolute Gasteiger partial charge is 0.316 e. The minimum Gasteiger partial charge on any atom is -0.748 e. The van der Waals surface area contributed by atoms with Crippen molar-refractivity contribution in [1.29, 1.82) is 0 Å². The lowest BCUT2D eigenvalue weighted by atomic mass is 9.48. The van der Waals surface area contributed by atoms with Gasteiger partial charge in [-0.1, -0.05) is 129 Å². The van der Waals surface area contributed by atoms with Gasteiger partial charge in [0.1, 0.15) is 46.8 Å². The minimum absolute atomic E-state index is 0.0146. The zero-order chi connectivity index (χ0) is 82.1. The normalized spacial score (nSPS) is 23.4. The van der Waals surface area contributed by atoms with Crippen LogP contribution in [0.3, 0.4) is 0 Å². The number of ether oxygens (including phenoxy) is 8. The molecule has 5 aromatic rings. The first-order valence-electron chi connectivity index (χ1n) is 40.4. The molecule has 0 spiro atoms. The third kappa shape index (κ3) is 24.4. The van der Waals surface area contributed by atoms with Crippen molar-refractivity contribution in [2.45, 2.75) is 303 Å². The molecule has 0 aromatic heterocycles. The monoisotopic (exact) mass is 1570 g/mol. The molecule has 20 heteroatoms. The van der Waals surface area contributed by atoms with Crippen molar-refractivity contribution in [2.24, 2.45) is 50.7 Å². The number of benzene rings is 5. The Morgan fingerprint density at radius 1 is 0.577 bits per heavy atom. The van der Waals surface area contributed by atoms with Crippen LogP contribution in [0, 0.1) is 50.7 Å². The average Bonchev–Trinajstić information content (AvgIpc) is 1.09. The van der Waals surface area contributed by atoms with Gasteiger partial charge in [-0.3, -0.25) is 28.8 Å². The summed E-state index contributed by atoms with van der Waals surface area (Å²) in [5.74, 6) is 0.985. The molecule has 8 atom stereocenters. The van der Waals surface area contributed by atoms with Crippen molar-refractivity contribution >= 4 is 56.8 Å². The first-order valence-corrected chi connectivity index (χ1v) is 43.2. The Morgan fingerprint density at radius 2 is 1.04 bits per heavy atom. The van der Waals surface area contributed by atoms with E-state index in [0.29, 0.717) is 67.9 Å². The Kier molecular flexibility index (Phi) is 31.7. The number of aromatic hydroxyl groups is 1. The number of rotatable bonds is 25. The fourth-order valence-electron chi connectivity index (χ4n) is 14.9. The second kappa shape index (κ2) is 38.7. The van der Waals surface area contributed by atoms with Crippen LogP contribution >= 0.6 is 0 Å². The Bertz CT molecular complexity index is 3830. The van der Waals surface area contributed by atoms with Crippen LogP contribution in [0.4, 0.5) is 0 Å². The van der Waals surface area contributed by atoms with Crippen molar-refractivity contribution in [3.05, 3.63) is 145 Å². The number of phenols is 1. The molecule has 3 heterocycles. The Labute approximate surface area is 665 Å². The van der Waals surface area contributed by atoms with E-state index in [1.807, 2.05) is 83.1 Å². The van der Waals surface area contributed by atoms with Crippen molar-refractivity contribution in [3.8, 4) is 17.2 Å². The highest BCUT2D eigenvalue weighted by molar-refractivity contribution is 7.97. The molecule has 3 aliphatic heterocycles. The summed E-state index contributed by atoms with van der Waals surface area (Å²) in [4.78, 5) is 77.0. The lowest BCUT2D eigenvalue weighted by molar-refractivity contribution is -0.217. The molecule has 18 nitrogen and oxygen atoms in total. The van der Waals surface area contributed by atoms with E-state index < -0.39 is 67.9 Å². The molecule has 8 aliphatic rings. The molecule has 5 saturated carbocycles. The first-order chi connectivity index (χ1) is 52.0. The van der Waals surface area contributed by atoms with Crippen LogP contribution in [0.2, 0.25) is 0 Å². The number of fused-ring (bicyclic) bond motifs is 1. The fourth-order valence-corrected chi connectivity index (χ4v) is 17.3. The standard InChI is InChI=1S/C19H30O7S.C18H15S.C15H24O.C14H26O2.C13H18O5.C12H16O3/c1-4-17(2,3)15(20)26-19-10-13-7-14(11-19)9-18(8-13,12-19)16(21)25-5-6-27(22,23)24;1-4-10-16(11-5-1)19(17-12-6-2-7-13-17)18-14-8-3-9-15-18;1-6-12(3)13-8-10-14(11-9-13)16-15(4,5)7-2;1-6-13(4,5)12(15)16-14(11(2)3)9-7-8-10-14;1-4-13(2,3)12(15)18-9-7-5-6-8(16-7)10(9)17-11(6)14;1-4-12(2,3)11(14)15-10-7-5-9(13)6-8-10/h13-14H,4-12H2,1-3H3,(H,22,23,24);1-15H;8-12H,6-7H2,1-5H3;11H,6-10H2,1-5H3;6-10H,4-5H2,1-3H3;5-8,13H,4H2,1-3H3/q;+1;;;;/p-1. The van der Waals surface area contributed by atoms with Crippen LogP contribution in [0.25, 0.3) is 0 Å². The van der Waals surface area contributed by atoms with Crippen molar-refractivity contribution in [1.82, 2.24) is 0 Å². The van der Waals surface area contributed by atoms with Crippen LogP contribution < -0.4 is 9.47 Å². The molecule has 6 bridgehead atoms. The van der Waals surface area contributed by atoms with E-state index in [0.717, 1.165) is 57.1 Å².